The molecule has 0 amide bonds. The molecule has 0 aromatic heterocycles. The Labute approximate surface area is 56.4 Å². The van der Waals surface area contributed by atoms with Gasteiger partial charge < -0.3 is 10.5 Å². The average Bonchev–Trinajstić information content (AvgIpc) is 1.90. The van der Waals surface area contributed by atoms with E-state index in [0.29, 0.717) is 0 Å². The maximum Gasteiger partial charge on any atom is 0.0531 e. The van der Waals surface area contributed by atoms with Gasteiger partial charge in [-0.25, -0.2) is 0 Å². The Balaban J connectivity index is 2.37. The van der Waals surface area contributed by atoms with Crippen LogP contribution in [-0.4, -0.2) is 19.8 Å². The van der Waals surface area contributed by atoms with Crippen LogP contribution in [0.15, 0.2) is 0 Å². The maximum absolute atomic E-state index is 5.56. The summed E-state index contributed by atoms with van der Waals surface area (Å²) in [5.74, 6) is 0. The SMILES string of the molecule is C[C@]1(CN)CCCOC1. The van der Waals surface area contributed by atoms with Crippen molar-refractivity contribution in [3.63, 3.8) is 0 Å². The summed E-state index contributed by atoms with van der Waals surface area (Å²) in [4.78, 5) is 0. The van der Waals surface area contributed by atoms with Gasteiger partial charge in [-0.05, 0) is 19.4 Å². The van der Waals surface area contributed by atoms with Crippen LogP contribution < -0.4 is 5.73 Å². The number of ether oxygens (including phenoxy) is 1. The highest BCUT2D eigenvalue weighted by Crippen LogP contribution is 2.25. The van der Waals surface area contributed by atoms with Crippen molar-refractivity contribution in [2.24, 2.45) is 11.1 Å². The lowest BCUT2D eigenvalue weighted by atomic mass is 9.85. The second-order valence-corrected chi connectivity index (χ2v) is 3.17. The first kappa shape index (κ1) is 7.03. The number of nitrogens with two attached hydrogens (primary N) is 1. The molecule has 54 valence electrons. The number of rotatable bonds is 1. The molecule has 0 saturated carbocycles. The van der Waals surface area contributed by atoms with Gasteiger partial charge in [0.1, 0.15) is 0 Å². The van der Waals surface area contributed by atoms with Crippen LogP contribution in [-0.2, 0) is 4.74 Å². The molecule has 1 aliphatic rings. The van der Waals surface area contributed by atoms with Crippen LogP contribution in [0.2, 0.25) is 0 Å². The molecule has 2 heteroatoms. The number of hydrogen-bond acceptors (Lipinski definition) is 2. The minimum atomic E-state index is 0.276. The molecule has 0 aromatic carbocycles. The summed E-state index contributed by atoms with van der Waals surface area (Å²) in [5.41, 5.74) is 5.83. The van der Waals surface area contributed by atoms with Crippen LogP contribution in [0.25, 0.3) is 0 Å². The van der Waals surface area contributed by atoms with Gasteiger partial charge in [0.25, 0.3) is 0 Å². The van der Waals surface area contributed by atoms with Crippen LogP contribution in [0.3, 0.4) is 0 Å². The normalized spacial score (nSPS) is 36.7. The van der Waals surface area contributed by atoms with E-state index in [9.17, 15) is 0 Å². The molecule has 1 fully saturated rings. The van der Waals surface area contributed by atoms with E-state index < -0.39 is 0 Å². The predicted molar refractivity (Wildman–Crippen MR) is 37.2 cm³/mol. The molecule has 9 heavy (non-hydrogen) atoms. The summed E-state index contributed by atoms with van der Waals surface area (Å²) in [6.07, 6.45) is 2.40. The van der Waals surface area contributed by atoms with Crippen molar-refractivity contribution in [1.29, 1.82) is 0 Å². The third kappa shape index (κ3) is 1.66. The van der Waals surface area contributed by atoms with Gasteiger partial charge in [-0.15, -0.1) is 0 Å². The highest BCUT2D eigenvalue weighted by molar-refractivity contribution is 4.77. The first-order valence-corrected chi connectivity index (χ1v) is 3.55. The highest BCUT2D eigenvalue weighted by Gasteiger charge is 2.25. The van der Waals surface area contributed by atoms with Gasteiger partial charge in [-0.1, -0.05) is 6.92 Å². The molecule has 0 aliphatic carbocycles. The van der Waals surface area contributed by atoms with Crippen molar-refractivity contribution in [2.75, 3.05) is 19.8 Å². The molecule has 0 aromatic rings. The average molecular weight is 129 g/mol. The van der Waals surface area contributed by atoms with Gasteiger partial charge in [0.15, 0.2) is 0 Å². The van der Waals surface area contributed by atoms with Crippen LogP contribution >= 0.6 is 0 Å². The second-order valence-electron chi connectivity index (χ2n) is 3.17. The van der Waals surface area contributed by atoms with Crippen molar-refractivity contribution in [2.45, 2.75) is 19.8 Å². The van der Waals surface area contributed by atoms with E-state index in [-0.39, 0.29) is 5.41 Å². The lowest BCUT2D eigenvalue weighted by molar-refractivity contribution is 0.00750. The molecular formula is C7H15NO. The Hall–Kier alpha value is -0.0800. The van der Waals surface area contributed by atoms with Gasteiger partial charge in [0, 0.05) is 12.0 Å². The Bertz CT molecular complexity index is 86.9. The van der Waals surface area contributed by atoms with Crippen molar-refractivity contribution in [1.82, 2.24) is 0 Å². The summed E-state index contributed by atoms with van der Waals surface area (Å²) in [6.45, 7) is 4.72. The maximum atomic E-state index is 5.56. The van der Waals surface area contributed by atoms with Crippen LogP contribution in [0, 0.1) is 5.41 Å². The standard InChI is InChI=1S/C7H15NO/c1-7(5-8)3-2-4-9-6-7/h2-6,8H2,1H3/t7-/m1/s1. The smallest absolute Gasteiger partial charge is 0.0531 e. The molecule has 0 radical (unpaired) electrons. The van der Waals surface area contributed by atoms with Gasteiger partial charge in [-0.3, -0.25) is 0 Å². The molecule has 1 aliphatic heterocycles. The van der Waals surface area contributed by atoms with Crippen LogP contribution in [0.5, 0.6) is 0 Å². The Morgan fingerprint density at radius 3 is 2.78 bits per heavy atom. The lowest BCUT2D eigenvalue weighted by Gasteiger charge is -2.31. The van der Waals surface area contributed by atoms with E-state index in [0.717, 1.165) is 19.8 Å². The monoisotopic (exact) mass is 129 g/mol. The summed E-state index contributed by atoms with van der Waals surface area (Å²) in [7, 11) is 0. The summed E-state index contributed by atoms with van der Waals surface area (Å²) < 4.78 is 5.30. The summed E-state index contributed by atoms with van der Waals surface area (Å²) >= 11 is 0. The first-order chi connectivity index (χ1) is 4.27. The third-order valence-corrected chi connectivity index (χ3v) is 2.01. The number of hydrogen-bond donors (Lipinski definition) is 1. The highest BCUT2D eigenvalue weighted by atomic mass is 16.5. The minimum absolute atomic E-state index is 0.276. The Morgan fingerprint density at radius 2 is 2.44 bits per heavy atom. The fourth-order valence-electron chi connectivity index (χ4n) is 1.15. The summed E-state index contributed by atoms with van der Waals surface area (Å²) in [6, 6.07) is 0. The van der Waals surface area contributed by atoms with Crippen molar-refractivity contribution >= 4 is 0 Å². The van der Waals surface area contributed by atoms with Crippen molar-refractivity contribution in [3.05, 3.63) is 0 Å². The topological polar surface area (TPSA) is 35.2 Å². The fourth-order valence-corrected chi connectivity index (χ4v) is 1.15. The van der Waals surface area contributed by atoms with E-state index >= 15 is 0 Å². The van der Waals surface area contributed by atoms with Gasteiger partial charge in [0.05, 0.1) is 6.61 Å². The zero-order valence-electron chi connectivity index (χ0n) is 6.02. The van der Waals surface area contributed by atoms with Gasteiger partial charge in [-0.2, -0.15) is 0 Å². The van der Waals surface area contributed by atoms with Gasteiger partial charge >= 0.3 is 0 Å². The quantitative estimate of drug-likeness (QED) is 0.567. The lowest BCUT2D eigenvalue weighted by Crippen LogP contribution is -2.35. The molecule has 0 unspecified atom stereocenters. The van der Waals surface area contributed by atoms with E-state index in [4.69, 9.17) is 10.5 Å². The molecular weight excluding hydrogens is 114 g/mol. The van der Waals surface area contributed by atoms with Crippen molar-refractivity contribution in [3.8, 4) is 0 Å². The molecule has 0 spiro atoms. The molecule has 0 bridgehead atoms. The molecule has 1 atom stereocenters. The van der Waals surface area contributed by atoms with E-state index in [2.05, 4.69) is 6.92 Å². The van der Waals surface area contributed by atoms with E-state index in [1.807, 2.05) is 0 Å². The largest absolute Gasteiger partial charge is 0.381 e. The predicted octanol–water partition coefficient (Wildman–Crippen LogP) is 0.762. The summed E-state index contributed by atoms with van der Waals surface area (Å²) in [5, 5.41) is 0. The minimum Gasteiger partial charge on any atom is -0.381 e. The van der Waals surface area contributed by atoms with Crippen molar-refractivity contribution < 1.29 is 4.74 Å². The van der Waals surface area contributed by atoms with Crippen LogP contribution in [0.4, 0.5) is 0 Å². The van der Waals surface area contributed by atoms with E-state index in [1.54, 1.807) is 0 Å². The Morgan fingerprint density at radius 1 is 1.67 bits per heavy atom. The molecule has 1 heterocycles. The van der Waals surface area contributed by atoms with Crippen LogP contribution in [0.1, 0.15) is 19.8 Å². The Kier molecular flexibility index (Phi) is 2.09. The second kappa shape index (κ2) is 2.67. The zero-order chi connectivity index (χ0) is 6.74. The molecule has 2 N–H and O–H groups in total. The zero-order valence-corrected chi connectivity index (χ0v) is 6.02. The first-order valence-electron chi connectivity index (χ1n) is 3.55. The fraction of sp³-hybridized carbons (Fsp3) is 1.00. The van der Waals surface area contributed by atoms with Gasteiger partial charge in [0.2, 0.25) is 0 Å². The van der Waals surface area contributed by atoms with E-state index in [1.165, 1.54) is 12.8 Å². The molecule has 1 saturated heterocycles. The third-order valence-electron chi connectivity index (χ3n) is 2.01. The molecule has 2 nitrogen and oxygen atoms in total. The molecule has 1 rings (SSSR count).